The molecule has 2 aromatic heterocycles. The Morgan fingerprint density at radius 3 is 2.88 bits per heavy atom. The molecule has 1 aliphatic heterocycles. The van der Waals surface area contributed by atoms with Gasteiger partial charge in [0.2, 0.25) is 0 Å². The number of hydrazone groups is 1. The Balaban J connectivity index is 1.60. The van der Waals surface area contributed by atoms with Crippen molar-refractivity contribution < 1.29 is 4.79 Å². The van der Waals surface area contributed by atoms with Gasteiger partial charge in [0, 0.05) is 29.8 Å². The molecule has 3 heterocycles. The molecule has 0 aromatic carbocycles. The lowest BCUT2D eigenvalue weighted by Crippen LogP contribution is -2.19. The number of amides is 1. The first-order valence-corrected chi connectivity index (χ1v) is 8.91. The Labute approximate surface area is 152 Å². The molecule has 0 bridgehead atoms. The average molecular weight is 350 g/mol. The van der Waals surface area contributed by atoms with Crippen LogP contribution >= 0.6 is 0 Å². The van der Waals surface area contributed by atoms with Crippen LogP contribution in [0.2, 0.25) is 0 Å². The molecule has 4 rings (SSSR count). The third-order valence-electron chi connectivity index (χ3n) is 4.88. The van der Waals surface area contributed by atoms with Crippen LogP contribution < -0.4 is 10.7 Å². The molecule has 1 amide bonds. The number of nitrogens with zero attached hydrogens (tertiary/aromatic N) is 3. The molecule has 2 aromatic rings. The van der Waals surface area contributed by atoms with Crippen LogP contribution in [0.25, 0.3) is 6.08 Å². The maximum Gasteiger partial charge on any atom is 0.273 e. The summed E-state index contributed by atoms with van der Waals surface area (Å²) < 4.78 is 0. The predicted molar refractivity (Wildman–Crippen MR) is 99.7 cm³/mol. The summed E-state index contributed by atoms with van der Waals surface area (Å²) in [6.07, 6.45) is 10.2. The number of hydrogen-bond acceptors (Lipinski definition) is 5. The van der Waals surface area contributed by atoms with Crippen molar-refractivity contribution in [3.63, 3.8) is 0 Å². The SMILES string of the molecule is Cc1[nH]c(C=C2C(=O)NN=C2c2cnccn2)c(C)c1CCNC1CC1. The molecule has 0 atom stereocenters. The van der Waals surface area contributed by atoms with Gasteiger partial charge in [0.05, 0.1) is 11.8 Å². The van der Waals surface area contributed by atoms with E-state index in [1.807, 2.05) is 6.08 Å². The van der Waals surface area contributed by atoms with Crippen molar-refractivity contribution in [1.82, 2.24) is 25.7 Å². The summed E-state index contributed by atoms with van der Waals surface area (Å²) in [5, 5.41) is 7.67. The maximum atomic E-state index is 12.3. The fourth-order valence-corrected chi connectivity index (χ4v) is 3.25. The van der Waals surface area contributed by atoms with Crippen molar-refractivity contribution in [3.8, 4) is 0 Å². The van der Waals surface area contributed by atoms with Crippen molar-refractivity contribution in [2.75, 3.05) is 6.54 Å². The molecular formula is C19H22N6O. The quantitative estimate of drug-likeness (QED) is 0.690. The van der Waals surface area contributed by atoms with Gasteiger partial charge in [-0.3, -0.25) is 14.8 Å². The summed E-state index contributed by atoms with van der Waals surface area (Å²) in [7, 11) is 0. The van der Waals surface area contributed by atoms with Gasteiger partial charge in [-0.25, -0.2) is 5.43 Å². The number of carbonyl (C=O) groups excluding carboxylic acids is 1. The second-order valence-electron chi connectivity index (χ2n) is 6.80. The van der Waals surface area contributed by atoms with Crippen LogP contribution in [-0.4, -0.2) is 39.2 Å². The van der Waals surface area contributed by atoms with Crippen molar-refractivity contribution >= 4 is 17.7 Å². The zero-order valence-corrected chi connectivity index (χ0v) is 15.0. The molecule has 0 unspecified atom stereocenters. The van der Waals surface area contributed by atoms with Gasteiger partial charge >= 0.3 is 0 Å². The molecular weight excluding hydrogens is 328 g/mol. The molecule has 26 heavy (non-hydrogen) atoms. The van der Waals surface area contributed by atoms with Gasteiger partial charge < -0.3 is 10.3 Å². The second kappa shape index (κ2) is 6.84. The molecule has 1 fully saturated rings. The molecule has 0 spiro atoms. The van der Waals surface area contributed by atoms with Crippen LogP contribution in [0.1, 0.15) is 41.1 Å². The Kier molecular flexibility index (Phi) is 4.38. The van der Waals surface area contributed by atoms with E-state index in [4.69, 9.17) is 0 Å². The Morgan fingerprint density at radius 1 is 1.31 bits per heavy atom. The Morgan fingerprint density at radius 2 is 2.15 bits per heavy atom. The standard InChI is InChI=1S/C19H22N6O/c1-11-14(5-6-21-13-3-4-13)12(2)23-16(11)9-15-18(24-25-19(15)26)17-10-20-7-8-22-17/h7-10,13,21,23H,3-6H2,1-2H3,(H,25,26). The summed E-state index contributed by atoms with van der Waals surface area (Å²) in [4.78, 5) is 24.0. The number of aryl methyl sites for hydroxylation is 1. The topological polar surface area (TPSA) is 95.1 Å². The van der Waals surface area contributed by atoms with Crippen LogP contribution in [0.5, 0.6) is 0 Å². The van der Waals surface area contributed by atoms with Crippen LogP contribution in [0.4, 0.5) is 0 Å². The highest BCUT2D eigenvalue weighted by molar-refractivity contribution is 6.32. The molecule has 7 nitrogen and oxygen atoms in total. The molecule has 1 aliphatic carbocycles. The van der Waals surface area contributed by atoms with Gasteiger partial charge in [-0.2, -0.15) is 5.10 Å². The fourth-order valence-electron chi connectivity index (χ4n) is 3.25. The van der Waals surface area contributed by atoms with Crippen LogP contribution in [-0.2, 0) is 11.2 Å². The first-order chi connectivity index (χ1) is 12.6. The smallest absolute Gasteiger partial charge is 0.273 e. The molecule has 0 saturated heterocycles. The van der Waals surface area contributed by atoms with Gasteiger partial charge in [-0.1, -0.05) is 0 Å². The highest BCUT2D eigenvalue weighted by atomic mass is 16.2. The summed E-state index contributed by atoms with van der Waals surface area (Å²) >= 11 is 0. The van der Waals surface area contributed by atoms with E-state index in [-0.39, 0.29) is 5.91 Å². The Bertz CT molecular complexity index is 892. The third-order valence-corrected chi connectivity index (χ3v) is 4.88. The van der Waals surface area contributed by atoms with Gasteiger partial charge in [-0.15, -0.1) is 0 Å². The summed E-state index contributed by atoms with van der Waals surface area (Å²) in [6.45, 7) is 5.15. The zero-order valence-electron chi connectivity index (χ0n) is 15.0. The van der Waals surface area contributed by atoms with E-state index in [9.17, 15) is 4.79 Å². The summed E-state index contributed by atoms with van der Waals surface area (Å²) in [5.41, 5.74) is 8.67. The lowest BCUT2D eigenvalue weighted by atomic mass is 10.0. The number of nitrogens with one attached hydrogen (secondary N) is 3. The van der Waals surface area contributed by atoms with Crippen LogP contribution in [0.15, 0.2) is 29.3 Å². The van der Waals surface area contributed by atoms with E-state index in [2.05, 4.69) is 44.6 Å². The molecule has 0 radical (unpaired) electrons. The number of carbonyl (C=O) groups is 1. The number of rotatable bonds is 6. The van der Waals surface area contributed by atoms with E-state index in [0.717, 1.165) is 24.4 Å². The molecule has 3 N–H and O–H groups in total. The normalized spacial score (nSPS) is 18.3. The van der Waals surface area contributed by atoms with E-state index < -0.39 is 0 Å². The minimum atomic E-state index is -0.228. The molecule has 7 heteroatoms. The van der Waals surface area contributed by atoms with Crippen LogP contribution in [0.3, 0.4) is 0 Å². The average Bonchev–Trinajstić information content (AvgIpc) is 3.35. The number of H-pyrrole nitrogens is 1. The van der Waals surface area contributed by atoms with Crippen molar-refractivity contribution in [1.29, 1.82) is 0 Å². The van der Waals surface area contributed by atoms with Gasteiger partial charge in [0.15, 0.2) is 0 Å². The largest absolute Gasteiger partial charge is 0.359 e. The molecule has 134 valence electrons. The summed E-state index contributed by atoms with van der Waals surface area (Å²) in [5.74, 6) is -0.228. The number of hydrogen-bond donors (Lipinski definition) is 3. The Hall–Kier alpha value is -2.80. The zero-order chi connectivity index (χ0) is 18.1. The van der Waals surface area contributed by atoms with E-state index in [1.54, 1.807) is 18.6 Å². The second-order valence-corrected chi connectivity index (χ2v) is 6.80. The minimum absolute atomic E-state index is 0.228. The van der Waals surface area contributed by atoms with E-state index in [1.165, 1.54) is 24.0 Å². The predicted octanol–water partition coefficient (Wildman–Crippen LogP) is 1.63. The highest BCUT2D eigenvalue weighted by Crippen LogP contribution is 2.24. The minimum Gasteiger partial charge on any atom is -0.359 e. The van der Waals surface area contributed by atoms with Crippen molar-refractivity contribution in [3.05, 3.63) is 52.4 Å². The lowest BCUT2D eigenvalue weighted by Gasteiger charge is -2.04. The summed E-state index contributed by atoms with van der Waals surface area (Å²) in [6, 6.07) is 0.712. The van der Waals surface area contributed by atoms with Gasteiger partial charge in [0.25, 0.3) is 5.91 Å². The number of aromatic amines is 1. The first-order valence-electron chi connectivity index (χ1n) is 8.91. The van der Waals surface area contributed by atoms with E-state index in [0.29, 0.717) is 23.0 Å². The van der Waals surface area contributed by atoms with E-state index >= 15 is 0 Å². The van der Waals surface area contributed by atoms with Crippen LogP contribution in [0, 0.1) is 13.8 Å². The number of aromatic nitrogens is 3. The highest BCUT2D eigenvalue weighted by Gasteiger charge is 2.26. The first kappa shape index (κ1) is 16.7. The van der Waals surface area contributed by atoms with Crippen molar-refractivity contribution in [2.24, 2.45) is 5.10 Å². The van der Waals surface area contributed by atoms with Gasteiger partial charge in [0.1, 0.15) is 11.4 Å². The molecule has 1 saturated carbocycles. The van der Waals surface area contributed by atoms with Gasteiger partial charge in [-0.05, 0) is 56.9 Å². The fraction of sp³-hybridized carbons (Fsp3) is 0.368. The van der Waals surface area contributed by atoms with Crippen molar-refractivity contribution in [2.45, 2.75) is 39.2 Å². The maximum absolute atomic E-state index is 12.3. The lowest BCUT2D eigenvalue weighted by molar-refractivity contribution is -0.116. The molecule has 2 aliphatic rings. The monoisotopic (exact) mass is 350 g/mol. The third kappa shape index (κ3) is 3.30.